The molecule has 4 nitrogen and oxygen atoms in total. The third-order valence-corrected chi connectivity index (χ3v) is 4.60. The molecule has 0 aliphatic carbocycles. The van der Waals surface area contributed by atoms with Gasteiger partial charge in [-0.1, -0.05) is 59.8 Å². The zero-order valence-corrected chi connectivity index (χ0v) is 13.9. The highest BCUT2D eigenvalue weighted by molar-refractivity contribution is 8.15. The number of rotatable bonds is 4. The van der Waals surface area contributed by atoms with Gasteiger partial charge >= 0.3 is 0 Å². The topological polar surface area (TPSA) is 53.8 Å². The molecule has 1 fully saturated rings. The summed E-state index contributed by atoms with van der Waals surface area (Å²) in [5.41, 5.74) is 2.63. The van der Waals surface area contributed by atoms with Gasteiger partial charge in [0.05, 0.1) is 11.5 Å². The van der Waals surface area contributed by atoms with Gasteiger partial charge in [0.2, 0.25) is 5.91 Å². The number of nitrogens with one attached hydrogen (secondary N) is 1. The highest BCUT2D eigenvalue weighted by atomic mass is 32.2. The lowest BCUT2D eigenvalue weighted by atomic mass is 10.1. The summed E-state index contributed by atoms with van der Waals surface area (Å²) < 4.78 is 13.5. The smallest absolute Gasteiger partial charge is 0.239 e. The van der Waals surface area contributed by atoms with Gasteiger partial charge in [-0.2, -0.15) is 5.10 Å². The summed E-state index contributed by atoms with van der Waals surface area (Å²) in [5.74, 6) is -0.441. The molecular weight excluding hydrogens is 325 g/mol. The SMILES string of the molecule is Cc1cccc(C[C@H]2S/C(=N/N=Cc3ccccc3F)NC2=O)c1. The largest absolute Gasteiger partial charge is 0.303 e. The van der Waals surface area contributed by atoms with E-state index in [0.717, 1.165) is 5.56 Å². The molecule has 1 heterocycles. The number of nitrogens with zero attached hydrogens (tertiary/aromatic N) is 2. The van der Waals surface area contributed by atoms with Gasteiger partial charge in [-0.3, -0.25) is 4.79 Å². The van der Waals surface area contributed by atoms with Crippen molar-refractivity contribution < 1.29 is 9.18 Å². The summed E-state index contributed by atoms with van der Waals surface area (Å²) in [6.45, 7) is 2.02. The van der Waals surface area contributed by atoms with Gasteiger partial charge in [-0.25, -0.2) is 4.39 Å². The average molecular weight is 341 g/mol. The second kappa shape index (κ2) is 7.40. The molecule has 0 spiro atoms. The molecule has 122 valence electrons. The van der Waals surface area contributed by atoms with E-state index in [1.807, 2.05) is 25.1 Å². The quantitative estimate of drug-likeness (QED) is 0.685. The molecule has 1 atom stereocenters. The minimum absolute atomic E-state index is 0.0821. The van der Waals surface area contributed by atoms with E-state index in [4.69, 9.17) is 0 Å². The molecule has 2 aromatic carbocycles. The Hall–Kier alpha value is -2.47. The number of benzene rings is 2. The number of halogens is 1. The van der Waals surface area contributed by atoms with Crippen molar-refractivity contribution in [1.82, 2.24) is 5.32 Å². The van der Waals surface area contributed by atoms with Gasteiger partial charge < -0.3 is 5.32 Å². The van der Waals surface area contributed by atoms with E-state index >= 15 is 0 Å². The highest BCUT2D eigenvalue weighted by Crippen LogP contribution is 2.23. The monoisotopic (exact) mass is 341 g/mol. The van der Waals surface area contributed by atoms with Crippen LogP contribution in [0.4, 0.5) is 4.39 Å². The Morgan fingerprint density at radius 2 is 2.08 bits per heavy atom. The van der Waals surface area contributed by atoms with Gasteiger partial charge in [0.25, 0.3) is 0 Å². The second-order valence-electron chi connectivity index (χ2n) is 5.46. The van der Waals surface area contributed by atoms with Crippen LogP contribution in [0.25, 0.3) is 0 Å². The van der Waals surface area contributed by atoms with Crippen molar-refractivity contribution in [3.8, 4) is 0 Å². The number of carbonyl (C=O) groups is 1. The maximum atomic E-state index is 13.5. The fourth-order valence-corrected chi connectivity index (χ4v) is 3.33. The first-order valence-corrected chi connectivity index (χ1v) is 8.38. The number of thioether (sulfide) groups is 1. The van der Waals surface area contributed by atoms with Crippen LogP contribution in [0.3, 0.4) is 0 Å². The Morgan fingerprint density at radius 3 is 2.88 bits per heavy atom. The number of hydrogen-bond acceptors (Lipinski definition) is 4. The summed E-state index contributed by atoms with van der Waals surface area (Å²) in [6, 6.07) is 14.4. The van der Waals surface area contributed by atoms with Crippen LogP contribution in [0.5, 0.6) is 0 Å². The zero-order valence-electron chi connectivity index (χ0n) is 13.1. The van der Waals surface area contributed by atoms with Crippen LogP contribution in [-0.2, 0) is 11.2 Å². The fourth-order valence-electron chi connectivity index (χ4n) is 2.36. The molecule has 1 amide bonds. The van der Waals surface area contributed by atoms with Gasteiger partial charge in [0, 0.05) is 5.56 Å². The molecule has 0 unspecified atom stereocenters. The van der Waals surface area contributed by atoms with E-state index in [1.54, 1.807) is 18.2 Å². The Balaban J connectivity index is 1.65. The van der Waals surface area contributed by atoms with Crippen molar-refractivity contribution in [2.45, 2.75) is 18.6 Å². The summed E-state index contributed by atoms with van der Waals surface area (Å²) in [4.78, 5) is 12.0. The Kier molecular flexibility index (Phi) is 5.05. The molecule has 1 saturated heterocycles. The van der Waals surface area contributed by atoms with Crippen LogP contribution in [0.1, 0.15) is 16.7 Å². The van der Waals surface area contributed by atoms with Crippen LogP contribution in [0, 0.1) is 12.7 Å². The lowest BCUT2D eigenvalue weighted by Gasteiger charge is -2.05. The summed E-state index contributed by atoms with van der Waals surface area (Å²) >= 11 is 1.34. The lowest BCUT2D eigenvalue weighted by molar-refractivity contribution is -0.118. The van der Waals surface area contributed by atoms with E-state index in [1.165, 1.54) is 29.6 Å². The maximum Gasteiger partial charge on any atom is 0.239 e. The van der Waals surface area contributed by atoms with Gasteiger partial charge in [-0.05, 0) is 25.0 Å². The molecule has 1 N–H and O–H groups in total. The Labute approximate surface area is 143 Å². The minimum atomic E-state index is -0.359. The van der Waals surface area contributed by atoms with Gasteiger partial charge in [0.1, 0.15) is 5.82 Å². The molecule has 0 saturated carbocycles. The van der Waals surface area contributed by atoms with Crippen molar-refractivity contribution in [3.05, 3.63) is 71.0 Å². The average Bonchev–Trinajstić information content (AvgIpc) is 2.89. The molecule has 0 radical (unpaired) electrons. The summed E-state index contributed by atoms with van der Waals surface area (Å²) in [7, 11) is 0. The van der Waals surface area contributed by atoms with Crippen molar-refractivity contribution in [1.29, 1.82) is 0 Å². The van der Waals surface area contributed by atoms with Crippen LogP contribution in [-0.4, -0.2) is 22.5 Å². The van der Waals surface area contributed by atoms with Crippen LogP contribution >= 0.6 is 11.8 Å². The third-order valence-electron chi connectivity index (χ3n) is 3.53. The van der Waals surface area contributed by atoms with E-state index in [9.17, 15) is 9.18 Å². The first-order chi connectivity index (χ1) is 11.6. The number of carbonyl (C=O) groups excluding carboxylic acids is 1. The molecule has 3 rings (SSSR count). The second-order valence-corrected chi connectivity index (χ2v) is 6.65. The molecular formula is C18H16FN3OS. The van der Waals surface area contributed by atoms with E-state index in [-0.39, 0.29) is 17.0 Å². The first kappa shape index (κ1) is 16.4. The van der Waals surface area contributed by atoms with Gasteiger partial charge in [-0.15, -0.1) is 5.10 Å². The molecule has 2 aromatic rings. The van der Waals surface area contributed by atoms with Crippen molar-refractivity contribution in [2.75, 3.05) is 0 Å². The molecule has 0 aromatic heterocycles. The first-order valence-electron chi connectivity index (χ1n) is 7.50. The molecule has 6 heteroatoms. The highest BCUT2D eigenvalue weighted by Gasteiger charge is 2.30. The van der Waals surface area contributed by atoms with E-state index < -0.39 is 0 Å². The van der Waals surface area contributed by atoms with Crippen molar-refractivity contribution in [2.24, 2.45) is 10.2 Å². The number of aryl methyl sites for hydroxylation is 1. The van der Waals surface area contributed by atoms with E-state index in [0.29, 0.717) is 17.2 Å². The van der Waals surface area contributed by atoms with Crippen molar-refractivity contribution in [3.63, 3.8) is 0 Å². The number of amidine groups is 1. The third kappa shape index (κ3) is 4.08. The zero-order chi connectivity index (χ0) is 16.9. The molecule has 24 heavy (non-hydrogen) atoms. The van der Waals surface area contributed by atoms with Crippen LogP contribution in [0.2, 0.25) is 0 Å². The van der Waals surface area contributed by atoms with Crippen LogP contribution in [0.15, 0.2) is 58.7 Å². The van der Waals surface area contributed by atoms with Crippen molar-refractivity contribution >= 4 is 29.1 Å². The molecule has 1 aliphatic rings. The Morgan fingerprint density at radius 1 is 1.25 bits per heavy atom. The normalized spacial score (nSPS) is 19.2. The number of hydrogen-bond donors (Lipinski definition) is 1. The molecule has 0 bridgehead atoms. The lowest BCUT2D eigenvalue weighted by Crippen LogP contribution is -2.25. The minimum Gasteiger partial charge on any atom is -0.303 e. The predicted octanol–water partition coefficient (Wildman–Crippen LogP) is 3.30. The summed E-state index contributed by atoms with van der Waals surface area (Å²) in [6.07, 6.45) is 1.97. The van der Waals surface area contributed by atoms with Crippen LogP contribution < -0.4 is 5.32 Å². The standard InChI is InChI=1S/C18H16FN3OS/c1-12-5-4-6-13(9-12)10-16-17(23)21-18(24-16)22-20-11-14-7-2-3-8-15(14)19/h2-9,11,16H,10H2,1H3,(H,21,22,23)/t16-/m1/s1. The Bertz CT molecular complexity index is 819. The fraction of sp³-hybridized carbons (Fsp3) is 0.167. The summed E-state index contributed by atoms with van der Waals surface area (Å²) in [5, 5.41) is 10.7. The predicted molar refractivity (Wildman–Crippen MR) is 95.8 cm³/mol. The van der Waals surface area contributed by atoms with E-state index in [2.05, 4.69) is 21.6 Å². The molecule has 1 aliphatic heterocycles. The number of amides is 1. The maximum absolute atomic E-state index is 13.5. The van der Waals surface area contributed by atoms with Gasteiger partial charge in [0.15, 0.2) is 5.17 Å².